The van der Waals surface area contributed by atoms with E-state index in [2.05, 4.69) is 46.1 Å². The molecule has 0 aliphatic carbocycles. The van der Waals surface area contributed by atoms with E-state index < -0.39 is 0 Å². The number of piperidine rings is 1. The van der Waals surface area contributed by atoms with Crippen LogP contribution in [0.3, 0.4) is 0 Å². The van der Waals surface area contributed by atoms with E-state index in [1.165, 1.54) is 31.2 Å². The molecule has 0 bridgehead atoms. The predicted molar refractivity (Wildman–Crippen MR) is 84.2 cm³/mol. The summed E-state index contributed by atoms with van der Waals surface area (Å²) in [6, 6.07) is 9.02. The van der Waals surface area contributed by atoms with Gasteiger partial charge in [0.2, 0.25) is 5.95 Å². The zero-order chi connectivity index (χ0) is 13.9. The van der Waals surface area contributed by atoms with E-state index in [4.69, 9.17) is 4.98 Å². The highest BCUT2D eigenvalue weighted by molar-refractivity contribution is 5.78. The molecule has 0 radical (unpaired) electrons. The molecule has 1 aromatic heterocycles. The summed E-state index contributed by atoms with van der Waals surface area (Å²) >= 11 is 0. The van der Waals surface area contributed by atoms with Crippen LogP contribution in [0.15, 0.2) is 24.3 Å². The first-order valence-corrected chi connectivity index (χ1v) is 7.64. The highest BCUT2D eigenvalue weighted by Crippen LogP contribution is 2.28. The second kappa shape index (κ2) is 5.83. The third-order valence-corrected chi connectivity index (χ3v) is 4.38. The Bertz CT molecular complexity index is 575. The first kappa shape index (κ1) is 13.4. The fourth-order valence-corrected chi connectivity index (χ4v) is 3.26. The van der Waals surface area contributed by atoms with Gasteiger partial charge in [-0.25, -0.2) is 4.98 Å². The fraction of sp³-hybridized carbons (Fsp3) is 0.562. The second-order valence-corrected chi connectivity index (χ2v) is 5.69. The van der Waals surface area contributed by atoms with Crippen molar-refractivity contribution in [2.45, 2.75) is 31.7 Å². The maximum atomic E-state index is 4.86. The van der Waals surface area contributed by atoms with Crippen LogP contribution in [0.25, 0.3) is 11.0 Å². The Labute approximate surface area is 120 Å². The molecular weight excluding hydrogens is 248 g/mol. The van der Waals surface area contributed by atoms with Gasteiger partial charge in [0.15, 0.2) is 0 Å². The van der Waals surface area contributed by atoms with Crippen molar-refractivity contribution in [3.05, 3.63) is 24.3 Å². The number of anilines is 1. The molecule has 1 aromatic carbocycles. The number of nitrogens with zero attached hydrogens (tertiary/aromatic N) is 3. The van der Waals surface area contributed by atoms with E-state index in [1.807, 2.05) is 7.05 Å². The molecule has 0 spiro atoms. The second-order valence-electron chi connectivity index (χ2n) is 5.69. The zero-order valence-electron chi connectivity index (χ0n) is 12.5. The molecule has 0 amide bonds. The van der Waals surface area contributed by atoms with Crippen LogP contribution in [0.1, 0.15) is 25.7 Å². The van der Waals surface area contributed by atoms with Crippen LogP contribution < -0.4 is 10.2 Å². The van der Waals surface area contributed by atoms with E-state index in [0.717, 1.165) is 24.6 Å². The Morgan fingerprint density at radius 3 is 2.95 bits per heavy atom. The molecule has 20 heavy (non-hydrogen) atoms. The minimum absolute atomic E-state index is 0.617. The van der Waals surface area contributed by atoms with Crippen molar-refractivity contribution in [3.63, 3.8) is 0 Å². The van der Waals surface area contributed by atoms with Crippen molar-refractivity contribution in [2.75, 3.05) is 25.0 Å². The fourth-order valence-electron chi connectivity index (χ4n) is 3.26. The number of para-hydroxylation sites is 2. The minimum atomic E-state index is 0.617. The van der Waals surface area contributed by atoms with Crippen LogP contribution in [0.4, 0.5) is 5.95 Å². The summed E-state index contributed by atoms with van der Waals surface area (Å²) < 4.78 is 2.24. The maximum Gasteiger partial charge on any atom is 0.206 e. The van der Waals surface area contributed by atoms with Crippen molar-refractivity contribution in [3.8, 4) is 0 Å². The van der Waals surface area contributed by atoms with Gasteiger partial charge in [-0.1, -0.05) is 12.1 Å². The van der Waals surface area contributed by atoms with Gasteiger partial charge in [0.05, 0.1) is 11.0 Å². The maximum absolute atomic E-state index is 4.86. The third kappa shape index (κ3) is 2.40. The lowest BCUT2D eigenvalue weighted by Gasteiger charge is -2.36. The molecule has 2 aromatic rings. The van der Waals surface area contributed by atoms with Gasteiger partial charge >= 0.3 is 0 Å². The summed E-state index contributed by atoms with van der Waals surface area (Å²) in [4.78, 5) is 7.38. The van der Waals surface area contributed by atoms with E-state index in [9.17, 15) is 0 Å². The van der Waals surface area contributed by atoms with E-state index in [1.54, 1.807) is 0 Å². The number of hydrogen-bond donors (Lipinski definition) is 1. The molecule has 4 nitrogen and oxygen atoms in total. The molecule has 108 valence electrons. The Hall–Kier alpha value is -1.55. The van der Waals surface area contributed by atoms with E-state index in [0.29, 0.717) is 6.04 Å². The van der Waals surface area contributed by atoms with E-state index >= 15 is 0 Å². The highest BCUT2D eigenvalue weighted by Gasteiger charge is 2.25. The Morgan fingerprint density at radius 2 is 2.15 bits per heavy atom. The molecule has 1 atom stereocenters. The molecule has 1 aliphatic heterocycles. The van der Waals surface area contributed by atoms with Crippen LogP contribution in [0.5, 0.6) is 0 Å². The van der Waals surface area contributed by atoms with Crippen LogP contribution >= 0.6 is 0 Å². The average Bonchev–Trinajstić information content (AvgIpc) is 2.83. The number of nitrogens with one attached hydrogen (secondary N) is 1. The summed E-state index contributed by atoms with van der Waals surface area (Å²) in [6.07, 6.45) is 5.10. The van der Waals surface area contributed by atoms with Crippen molar-refractivity contribution < 1.29 is 0 Å². The van der Waals surface area contributed by atoms with Crippen LogP contribution in [0.2, 0.25) is 0 Å². The van der Waals surface area contributed by atoms with Gasteiger partial charge in [-0.3, -0.25) is 0 Å². The van der Waals surface area contributed by atoms with Crippen molar-refractivity contribution >= 4 is 17.0 Å². The third-order valence-electron chi connectivity index (χ3n) is 4.38. The van der Waals surface area contributed by atoms with Crippen LogP contribution in [0, 0.1) is 0 Å². The molecule has 1 saturated heterocycles. The van der Waals surface area contributed by atoms with Gasteiger partial charge < -0.3 is 14.8 Å². The standard InChI is InChI=1S/C16H24N4/c1-17-11-10-13-7-5-6-12-20(13)16-18-14-8-3-4-9-15(14)19(16)2/h3-4,8-9,13,17H,5-7,10-12H2,1-2H3. The lowest BCUT2D eigenvalue weighted by Crippen LogP contribution is -2.42. The summed E-state index contributed by atoms with van der Waals surface area (Å²) in [5.41, 5.74) is 2.32. The van der Waals surface area contributed by atoms with Crippen molar-refractivity contribution in [1.82, 2.24) is 14.9 Å². The molecule has 1 unspecified atom stereocenters. The smallest absolute Gasteiger partial charge is 0.206 e. The first-order valence-electron chi connectivity index (χ1n) is 7.64. The zero-order valence-corrected chi connectivity index (χ0v) is 12.5. The van der Waals surface area contributed by atoms with Gasteiger partial charge in [-0.2, -0.15) is 0 Å². The van der Waals surface area contributed by atoms with Gasteiger partial charge in [0.1, 0.15) is 0 Å². The molecule has 1 N–H and O–H groups in total. The number of aromatic nitrogens is 2. The first-order chi connectivity index (χ1) is 9.81. The summed E-state index contributed by atoms with van der Waals surface area (Å²) in [5.74, 6) is 1.13. The molecule has 1 aliphatic rings. The average molecular weight is 272 g/mol. The minimum Gasteiger partial charge on any atom is -0.339 e. The van der Waals surface area contributed by atoms with Crippen molar-refractivity contribution in [1.29, 1.82) is 0 Å². The summed E-state index contributed by atoms with van der Waals surface area (Å²) in [7, 11) is 4.16. The van der Waals surface area contributed by atoms with Crippen LogP contribution in [-0.4, -0.2) is 35.7 Å². The Balaban J connectivity index is 1.92. The summed E-state index contributed by atoms with van der Waals surface area (Å²) in [5, 5.41) is 3.27. The monoisotopic (exact) mass is 272 g/mol. The number of imidazole rings is 1. The molecule has 3 rings (SSSR count). The largest absolute Gasteiger partial charge is 0.339 e. The molecule has 4 heteroatoms. The molecule has 0 saturated carbocycles. The van der Waals surface area contributed by atoms with E-state index in [-0.39, 0.29) is 0 Å². The normalized spacial score (nSPS) is 19.7. The number of aryl methyl sites for hydroxylation is 1. The highest BCUT2D eigenvalue weighted by atomic mass is 15.3. The molecule has 1 fully saturated rings. The predicted octanol–water partition coefficient (Wildman–Crippen LogP) is 2.54. The topological polar surface area (TPSA) is 33.1 Å². The molecular formula is C16H24N4. The SMILES string of the molecule is CNCCC1CCCCN1c1nc2ccccc2n1C. The quantitative estimate of drug-likeness (QED) is 0.928. The van der Waals surface area contributed by atoms with Gasteiger partial charge in [-0.15, -0.1) is 0 Å². The number of benzene rings is 1. The Morgan fingerprint density at radius 1 is 1.30 bits per heavy atom. The van der Waals surface area contributed by atoms with Gasteiger partial charge in [-0.05, 0) is 51.4 Å². The van der Waals surface area contributed by atoms with Gasteiger partial charge in [0.25, 0.3) is 0 Å². The van der Waals surface area contributed by atoms with Gasteiger partial charge in [0, 0.05) is 19.6 Å². The number of fused-ring (bicyclic) bond motifs is 1. The number of hydrogen-bond acceptors (Lipinski definition) is 3. The number of rotatable bonds is 4. The lowest BCUT2D eigenvalue weighted by atomic mass is 10.00. The van der Waals surface area contributed by atoms with Crippen LogP contribution in [-0.2, 0) is 7.05 Å². The molecule has 2 heterocycles. The summed E-state index contributed by atoms with van der Waals surface area (Å²) in [6.45, 7) is 2.21. The Kier molecular flexibility index (Phi) is 3.92. The van der Waals surface area contributed by atoms with Crippen molar-refractivity contribution in [2.24, 2.45) is 7.05 Å². The lowest BCUT2D eigenvalue weighted by molar-refractivity contribution is 0.425.